The van der Waals surface area contributed by atoms with Gasteiger partial charge in [-0.1, -0.05) is 30.3 Å². The molecule has 1 aromatic carbocycles. The maximum absolute atomic E-state index is 13.5. The highest BCUT2D eigenvalue weighted by atomic mass is 19.1. The third kappa shape index (κ3) is 2.93. The van der Waals surface area contributed by atoms with Crippen LogP contribution in [0.15, 0.2) is 42.5 Å². The Bertz CT molecular complexity index is 485. The molecule has 88 valence electrons. The van der Waals surface area contributed by atoms with Crippen LogP contribution in [0.4, 0.5) is 16.0 Å². The minimum atomic E-state index is -0.347. The number of nitrogens with zero attached hydrogens (tertiary/aromatic N) is 1. The smallest absolute Gasteiger partial charge is 0.165 e. The molecule has 2 N–H and O–H groups in total. The number of benzene rings is 1. The number of aromatic nitrogens is 1. The van der Waals surface area contributed by atoms with Crippen molar-refractivity contribution in [3.63, 3.8) is 0 Å². The van der Waals surface area contributed by atoms with Crippen LogP contribution >= 0.6 is 0 Å². The molecular formula is C13H14FN3. The van der Waals surface area contributed by atoms with Gasteiger partial charge in [-0.15, -0.1) is 0 Å². The van der Waals surface area contributed by atoms with Gasteiger partial charge in [-0.3, -0.25) is 0 Å². The molecule has 3 nitrogen and oxygen atoms in total. The number of anilines is 2. The van der Waals surface area contributed by atoms with Gasteiger partial charge < -0.3 is 10.6 Å². The molecule has 0 aliphatic rings. The maximum Gasteiger partial charge on any atom is 0.165 e. The second-order valence-corrected chi connectivity index (χ2v) is 3.62. The first-order valence-electron chi connectivity index (χ1n) is 5.41. The Kier molecular flexibility index (Phi) is 3.55. The van der Waals surface area contributed by atoms with Crippen LogP contribution < -0.4 is 10.6 Å². The molecule has 0 unspecified atom stereocenters. The van der Waals surface area contributed by atoms with Crippen molar-refractivity contribution in [3.05, 3.63) is 53.8 Å². The minimum Gasteiger partial charge on any atom is -0.373 e. The number of hydrogen-bond acceptors (Lipinski definition) is 3. The van der Waals surface area contributed by atoms with Crippen LogP contribution in [0.3, 0.4) is 0 Å². The van der Waals surface area contributed by atoms with E-state index in [0.29, 0.717) is 12.4 Å². The van der Waals surface area contributed by atoms with E-state index in [1.807, 2.05) is 30.3 Å². The van der Waals surface area contributed by atoms with E-state index in [1.54, 1.807) is 13.1 Å². The molecule has 0 bridgehead atoms. The molecule has 0 radical (unpaired) electrons. The number of halogens is 1. The van der Waals surface area contributed by atoms with Crippen LogP contribution in [0.25, 0.3) is 0 Å². The van der Waals surface area contributed by atoms with Gasteiger partial charge >= 0.3 is 0 Å². The first-order valence-corrected chi connectivity index (χ1v) is 5.41. The van der Waals surface area contributed by atoms with Gasteiger partial charge in [-0.05, 0) is 17.7 Å². The quantitative estimate of drug-likeness (QED) is 0.849. The molecule has 0 saturated carbocycles. The zero-order chi connectivity index (χ0) is 12.1. The van der Waals surface area contributed by atoms with E-state index < -0.39 is 0 Å². The molecule has 0 atom stereocenters. The summed E-state index contributed by atoms with van der Waals surface area (Å²) >= 11 is 0. The van der Waals surface area contributed by atoms with Crippen LogP contribution in [0, 0.1) is 5.82 Å². The lowest BCUT2D eigenvalue weighted by Crippen LogP contribution is -2.05. The number of pyridine rings is 1. The van der Waals surface area contributed by atoms with Gasteiger partial charge in [0.1, 0.15) is 5.82 Å². The van der Waals surface area contributed by atoms with Crippen molar-refractivity contribution in [2.45, 2.75) is 6.54 Å². The summed E-state index contributed by atoms with van der Waals surface area (Å²) in [6.07, 6.45) is 0. The topological polar surface area (TPSA) is 37.0 Å². The third-order valence-electron chi connectivity index (χ3n) is 2.40. The van der Waals surface area contributed by atoms with E-state index in [4.69, 9.17) is 0 Å². The number of nitrogens with one attached hydrogen (secondary N) is 2. The van der Waals surface area contributed by atoms with Crippen molar-refractivity contribution in [2.75, 3.05) is 17.7 Å². The van der Waals surface area contributed by atoms with E-state index in [9.17, 15) is 4.39 Å². The second kappa shape index (κ2) is 5.30. The van der Waals surface area contributed by atoms with Gasteiger partial charge in [0, 0.05) is 13.6 Å². The van der Waals surface area contributed by atoms with Crippen LogP contribution in [-0.4, -0.2) is 12.0 Å². The summed E-state index contributed by atoms with van der Waals surface area (Å²) in [6, 6.07) is 12.8. The standard InChI is InChI=1S/C13H14FN3/c1-15-12-8-7-11(14)13(17-12)16-9-10-5-3-2-4-6-10/h2-8H,9H2,1H3,(H2,15,16,17). The van der Waals surface area contributed by atoms with Gasteiger partial charge in [0.15, 0.2) is 11.6 Å². The Labute approximate surface area is 99.7 Å². The highest BCUT2D eigenvalue weighted by Gasteiger charge is 2.04. The van der Waals surface area contributed by atoms with Crippen molar-refractivity contribution in [1.29, 1.82) is 0 Å². The second-order valence-electron chi connectivity index (χ2n) is 3.62. The van der Waals surface area contributed by atoms with Crippen molar-refractivity contribution < 1.29 is 4.39 Å². The number of hydrogen-bond donors (Lipinski definition) is 2. The largest absolute Gasteiger partial charge is 0.373 e. The third-order valence-corrected chi connectivity index (χ3v) is 2.40. The molecule has 0 spiro atoms. The molecule has 0 saturated heterocycles. The highest BCUT2D eigenvalue weighted by Crippen LogP contribution is 2.15. The predicted octanol–water partition coefficient (Wildman–Crippen LogP) is 2.87. The lowest BCUT2D eigenvalue weighted by Gasteiger charge is -2.08. The first-order chi connectivity index (χ1) is 8.29. The lowest BCUT2D eigenvalue weighted by atomic mass is 10.2. The molecule has 2 rings (SSSR count). The van der Waals surface area contributed by atoms with Crippen molar-refractivity contribution in [1.82, 2.24) is 4.98 Å². The maximum atomic E-state index is 13.5. The predicted molar refractivity (Wildman–Crippen MR) is 67.5 cm³/mol. The van der Waals surface area contributed by atoms with Gasteiger partial charge in [-0.2, -0.15) is 0 Å². The molecular weight excluding hydrogens is 217 g/mol. The van der Waals surface area contributed by atoms with Crippen LogP contribution in [0.5, 0.6) is 0 Å². The van der Waals surface area contributed by atoms with Gasteiger partial charge in [0.2, 0.25) is 0 Å². The summed E-state index contributed by atoms with van der Waals surface area (Å²) in [4.78, 5) is 4.11. The van der Waals surface area contributed by atoms with Gasteiger partial charge in [0.25, 0.3) is 0 Å². The Morgan fingerprint density at radius 3 is 2.59 bits per heavy atom. The summed E-state index contributed by atoms with van der Waals surface area (Å²) in [5.74, 6) is 0.558. The average molecular weight is 231 g/mol. The Morgan fingerprint density at radius 2 is 1.88 bits per heavy atom. The zero-order valence-electron chi connectivity index (χ0n) is 9.57. The van der Waals surface area contributed by atoms with E-state index in [1.165, 1.54) is 6.07 Å². The first kappa shape index (κ1) is 11.4. The van der Waals surface area contributed by atoms with Crippen molar-refractivity contribution in [2.24, 2.45) is 0 Å². The van der Waals surface area contributed by atoms with E-state index in [-0.39, 0.29) is 11.6 Å². The molecule has 0 fully saturated rings. The highest BCUT2D eigenvalue weighted by molar-refractivity contribution is 5.46. The SMILES string of the molecule is CNc1ccc(F)c(NCc2ccccc2)n1. The van der Waals surface area contributed by atoms with Gasteiger partial charge in [-0.25, -0.2) is 9.37 Å². The summed E-state index contributed by atoms with van der Waals surface area (Å²) in [6.45, 7) is 0.553. The Balaban J connectivity index is 2.08. The minimum absolute atomic E-state index is 0.265. The fourth-order valence-electron chi connectivity index (χ4n) is 1.49. The van der Waals surface area contributed by atoms with Crippen LogP contribution in [0.1, 0.15) is 5.56 Å². The Hall–Kier alpha value is -2.10. The average Bonchev–Trinajstić information content (AvgIpc) is 2.39. The Morgan fingerprint density at radius 1 is 1.12 bits per heavy atom. The summed E-state index contributed by atoms with van der Waals surface area (Å²) in [7, 11) is 1.75. The number of rotatable bonds is 4. The molecule has 17 heavy (non-hydrogen) atoms. The molecule has 0 aliphatic heterocycles. The fraction of sp³-hybridized carbons (Fsp3) is 0.154. The van der Waals surface area contributed by atoms with E-state index in [0.717, 1.165) is 5.56 Å². The zero-order valence-corrected chi connectivity index (χ0v) is 9.57. The normalized spacial score (nSPS) is 10.0. The molecule has 0 amide bonds. The molecule has 1 heterocycles. The molecule has 4 heteroatoms. The summed E-state index contributed by atoms with van der Waals surface area (Å²) < 4.78 is 13.5. The fourth-order valence-corrected chi connectivity index (χ4v) is 1.49. The van der Waals surface area contributed by atoms with Crippen molar-refractivity contribution in [3.8, 4) is 0 Å². The molecule has 2 aromatic rings. The monoisotopic (exact) mass is 231 g/mol. The van der Waals surface area contributed by atoms with Gasteiger partial charge in [0.05, 0.1) is 0 Å². The van der Waals surface area contributed by atoms with E-state index >= 15 is 0 Å². The van der Waals surface area contributed by atoms with E-state index in [2.05, 4.69) is 15.6 Å². The van der Waals surface area contributed by atoms with Crippen molar-refractivity contribution >= 4 is 11.6 Å². The molecule has 0 aliphatic carbocycles. The summed E-state index contributed by atoms with van der Waals surface area (Å²) in [5, 5.41) is 5.85. The van der Waals surface area contributed by atoms with Crippen LogP contribution in [-0.2, 0) is 6.54 Å². The lowest BCUT2D eigenvalue weighted by molar-refractivity contribution is 0.624. The molecule has 1 aromatic heterocycles. The van der Waals surface area contributed by atoms with Crippen LogP contribution in [0.2, 0.25) is 0 Å². The summed E-state index contributed by atoms with van der Waals surface area (Å²) in [5.41, 5.74) is 1.09.